The van der Waals surface area contributed by atoms with Gasteiger partial charge in [-0.05, 0) is 44.4 Å². The Morgan fingerprint density at radius 2 is 1.13 bits per heavy atom. The monoisotopic (exact) mass is 757 g/mol. The van der Waals surface area contributed by atoms with Gasteiger partial charge in [0.15, 0.2) is 6.10 Å². The zero-order chi connectivity index (χ0) is 39.7. The van der Waals surface area contributed by atoms with Crippen LogP contribution >= 0.6 is 0 Å². The highest BCUT2D eigenvalue weighted by molar-refractivity contribution is 5.70. The van der Waals surface area contributed by atoms with E-state index < -0.39 is 30.9 Å². The minimum absolute atomic E-state index is 0.154. The molecular weight excluding hydrogens is 677 g/mol. The summed E-state index contributed by atoms with van der Waals surface area (Å²) in [4.78, 5) is 24.3. The Bertz CT molecular complexity index is 1040. The molecule has 0 bridgehead atoms. The van der Waals surface area contributed by atoms with E-state index in [-0.39, 0.29) is 19.0 Å². The van der Waals surface area contributed by atoms with Gasteiger partial charge >= 0.3 is 11.9 Å². The molecule has 0 radical (unpaired) electrons. The number of aliphatic hydroxyl groups excluding tert-OH is 3. The molecule has 7 heteroatoms. The van der Waals surface area contributed by atoms with Crippen molar-refractivity contribution in [3.05, 3.63) is 72.9 Å². The van der Waals surface area contributed by atoms with Crippen molar-refractivity contribution in [1.82, 2.24) is 0 Å². The first-order valence-corrected chi connectivity index (χ1v) is 21.6. The number of allylic oxidation sites excluding steroid dienone is 8. The Morgan fingerprint density at radius 3 is 1.69 bits per heavy atom. The molecule has 0 unspecified atom stereocenters. The summed E-state index contributed by atoms with van der Waals surface area (Å²) in [7, 11) is 0. The van der Waals surface area contributed by atoms with Crippen LogP contribution in [-0.4, -0.2) is 58.8 Å². The third-order valence-corrected chi connectivity index (χ3v) is 9.12. The Hall–Kier alpha value is -2.74. The third-order valence-electron chi connectivity index (χ3n) is 9.12. The van der Waals surface area contributed by atoms with Crippen LogP contribution in [0.5, 0.6) is 0 Å². The van der Waals surface area contributed by atoms with Gasteiger partial charge in [0.25, 0.3) is 0 Å². The van der Waals surface area contributed by atoms with Crippen molar-refractivity contribution >= 4 is 11.9 Å². The average molecular weight is 757 g/mol. The molecule has 0 aliphatic carbocycles. The lowest BCUT2D eigenvalue weighted by Crippen LogP contribution is -2.28. The first-order chi connectivity index (χ1) is 26.3. The van der Waals surface area contributed by atoms with E-state index in [1.165, 1.54) is 89.9 Å². The number of carbonyl (C=O) groups is 2. The summed E-state index contributed by atoms with van der Waals surface area (Å²) < 4.78 is 10.5. The van der Waals surface area contributed by atoms with Crippen molar-refractivity contribution in [3.8, 4) is 0 Å². The van der Waals surface area contributed by atoms with Crippen LogP contribution in [0.3, 0.4) is 0 Å². The highest BCUT2D eigenvalue weighted by Gasteiger charge is 2.16. The SMILES string of the molecule is CC/C=C\C[C@@H](O)/C=C/C=C\C/C=C\C=C\[C@@H](O)/C=C\CCCC(=O)OC[C@H](CO)OC(=O)CCCCCCCCCCCCCCCCCCC(C)C. The third kappa shape index (κ3) is 39.0. The molecule has 54 heavy (non-hydrogen) atoms. The maximum Gasteiger partial charge on any atom is 0.306 e. The van der Waals surface area contributed by atoms with Crippen molar-refractivity contribution in [3.63, 3.8) is 0 Å². The standard InChI is InChI=1S/C47H80O7/c1-4-5-26-34-43(49)35-28-22-18-16-19-23-29-36-44(50)37-30-25-32-38-46(51)53-41-45(40-48)54-47(52)39-31-24-20-15-13-11-9-7-6-8-10-12-14-17-21-27-33-42(2)3/h5,18-19,22-23,26,28-30,35-37,42-45,48-50H,4,6-17,20-21,24-25,27,31-34,38-41H2,1-3H3/b22-18-,23-19-,26-5-,35-28+,36-29+,37-30-/t43-,44-,45+/m1/s1. The lowest BCUT2D eigenvalue weighted by atomic mass is 10.0. The first kappa shape index (κ1) is 51.3. The van der Waals surface area contributed by atoms with E-state index in [0.717, 1.165) is 38.0 Å². The average Bonchev–Trinajstić information content (AvgIpc) is 3.15. The van der Waals surface area contributed by atoms with E-state index in [1.807, 2.05) is 48.6 Å². The van der Waals surface area contributed by atoms with Gasteiger partial charge in [-0.25, -0.2) is 0 Å². The summed E-state index contributed by atoms with van der Waals surface area (Å²) in [6.07, 6.45) is 46.1. The van der Waals surface area contributed by atoms with Crippen LogP contribution in [0.2, 0.25) is 0 Å². The number of hydrogen-bond acceptors (Lipinski definition) is 7. The smallest absolute Gasteiger partial charge is 0.306 e. The Morgan fingerprint density at radius 1 is 0.593 bits per heavy atom. The van der Waals surface area contributed by atoms with E-state index >= 15 is 0 Å². The molecule has 0 heterocycles. The minimum Gasteiger partial charge on any atom is -0.462 e. The molecule has 0 aromatic rings. The van der Waals surface area contributed by atoms with Crippen LogP contribution in [0.25, 0.3) is 0 Å². The molecule has 0 saturated heterocycles. The van der Waals surface area contributed by atoms with E-state index in [9.17, 15) is 24.9 Å². The Balaban J connectivity index is 3.78. The number of esters is 2. The van der Waals surface area contributed by atoms with Crippen LogP contribution < -0.4 is 0 Å². The molecule has 0 spiro atoms. The highest BCUT2D eigenvalue weighted by atomic mass is 16.6. The quantitative estimate of drug-likeness (QED) is 0.0250. The van der Waals surface area contributed by atoms with Crippen molar-refractivity contribution < 1.29 is 34.4 Å². The second-order valence-electron chi connectivity index (χ2n) is 14.9. The lowest BCUT2D eigenvalue weighted by molar-refractivity contribution is -0.161. The summed E-state index contributed by atoms with van der Waals surface area (Å²) in [5, 5.41) is 29.4. The number of carbonyl (C=O) groups excluding carboxylic acids is 2. The van der Waals surface area contributed by atoms with Crippen LogP contribution in [0, 0.1) is 5.92 Å². The second kappa shape index (κ2) is 39.9. The van der Waals surface area contributed by atoms with Crippen LogP contribution in [0.1, 0.15) is 175 Å². The molecule has 3 atom stereocenters. The fourth-order valence-corrected chi connectivity index (χ4v) is 5.83. The fraction of sp³-hybridized carbons (Fsp3) is 0.702. The molecular formula is C47H80O7. The normalized spacial score (nSPS) is 14.2. The minimum atomic E-state index is -0.846. The van der Waals surface area contributed by atoms with Gasteiger partial charge in [-0.1, -0.05) is 196 Å². The Labute approximate surface area is 330 Å². The first-order valence-electron chi connectivity index (χ1n) is 21.6. The van der Waals surface area contributed by atoms with Gasteiger partial charge in [-0.3, -0.25) is 9.59 Å². The molecule has 0 fully saturated rings. The van der Waals surface area contributed by atoms with E-state index in [0.29, 0.717) is 25.7 Å². The van der Waals surface area contributed by atoms with Crippen LogP contribution in [0.4, 0.5) is 0 Å². The maximum atomic E-state index is 12.2. The number of hydrogen-bond donors (Lipinski definition) is 3. The summed E-state index contributed by atoms with van der Waals surface area (Å²) in [6.45, 7) is 6.14. The van der Waals surface area contributed by atoms with E-state index in [4.69, 9.17) is 9.47 Å². The molecule has 0 aromatic carbocycles. The molecule has 0 aliphatic rings. The van der Waals surface area contributed by atoms with Gasteiger partial charge in [0.2, 0.25) is 0 Å². The summed E-state index contributed by atoms with van der Waals surface area (Å²) >= 11 is 0. The highest BCUT2D eigenvalue weighted by Crippen LogP contribution is 2.15. The molecule has 0 aromatic heterocycles. The van der Waals surface area contributed by atoms with E-state index in [2.05, 4.69) is 20.8 Å². The number of rotatable bonds is 37. The summed E-state index contributed by atoms with van der Waals surface area (Å²) in [5.74, 6) is 0.0719. The predicted octanol–water partition coefficient (Wildman–Crippen LogP) is 11.5. The molecule has 310 valence electrons. The molecule has 0 rings (SSSR count). The second-order valence-corrected chi connectivity index (χ2v) is 14.9. The largest absolute Gasteiger partial charge is 0.462 e. The topological polar surface area (TPSA) is 113 Å². The van der Waals surface area contributed by atoms with Gasteiger partial charge in [-0.2, -0.15) is 0 Å². The van der Waals surface area contributed by atoms with Crippen LogP contribution in [0.15, 0.2) is 72.9 Å². The molecule has 7 nitrogen and oxygen atoms in total. The van der Waals surface area contributed by atoms with Crippen molar-refractivity contribution in [2.24, 2.45) is 5.92 Å². The molecule has 3 N–H and O–H groups in total. The van der Waals surface area contributed by atoms with Gasteiger partial charge in [-0.15, -0.1) is 0 Å². The van der Waals surface area contributed by atoms with Crippen molar-refractivity contribution in [1.29, 1.82) is 0 Å². The molecule has 0 saturated carbocycles. The fourth-order valence-electron chi connectivity index (χ4n) is 5.83. The summed E-state index contributed by atoms with van der Waals surface area (Å²) in [6, 6.07) is 0. The van der Waals surface area contributed by atoms with Gasteiger partial charge < -0.3 is 24.8 Å². The zero-order valence-corrected chi connectivity index (χ0v) is 34.6. The molecule has 0 aliphatic heterocycles. The lowest BCUT2D eigenvalue weighted by Gasteiger charge is -2.15. The Kier molecular flexibility index (Phi) is 37.9. The van der Waals surface area contributed by atoms with Gasteiger partial charge in [0.05, 0.1) is 18.8 Å². The number of ether oxygens (including phenoxy) is 2. The van der Waals surface area contributed by atoms with Crippen molar-refractivity contribution in [2.45, 2.75) is 193 Å². The van der Waals surface area contributed by atoms with Gasteiger partial charge in [0.1, 0.15) is 6.61 Å². The zero-order valence-electron chi connectivity index (χ0n) is 34.6. The number of unbranched alkanes of at least 4 members (excludes halogenated alkanes) is 16. The van der Waals surface area contributed by atoms with Gasteiger partial charge in [0, 0.05) is 12.8 Å². The van der Waals surface area contributed by atoms with Crippen molar-refractivity contribution in [2.75, 3.05) is 13.2 Å². The van der Waals surface area contributed by atoms with E-state index in [1.54, 1.807) is 24.3 Å². The predicted molar refractivity (Wildman–Crippen MR) is 226 cm³/mol. The summed E-state index contributed by atoms with van der Waals surface area (Å²) in [5.41, 5.74) is 0. The maximum absolute atomic E-state index is 12.2. The molecule has 0 amide bonds. The van der Waals surface area contributed by atoms with Crippen LogP contribution in [-0.2, 0) is 19.1 Å². The number of aliphatic hydroxyl groups is 3.